The molecule has 7 nitrogen and oxygen atoms in total. The van der Waals surface area contributed by atoms with Gasteiger partial charge in [-0.25, -0.2) is 4.98 Å². The van der Waals surface area contributed by atoms with Gasteiger partial charge in [0.15, 0.2) is 16.6 Å². The van der Waals surface area contributed by atoms with Gasteiger partial charge in [0, 0.05) is 26.2 Å². The largest absolute Gasteiger partial charge is 0.485 e. The molecule has 2 aromatic carbocycles. The standard InChI is InChI=1S/C24H27N3O4S/c1-16-7-8-17(2)22-21(16)25-24(32-22)27(10-9-26-11-13-29-14-12-26)23(28)20-15-30-18-5-3-4-6-19(18)31-20/h3-8,20H,9-15H2,1-2H3/t20-/m1/s1. The van der Waals surface area contributed by atoms with Crippen LogP contribution in [-0.4, -0.2) is 67.9 Å². The van der Waals surface area contributed by atoms with E-state index in [0.29, 0.717) is 23.2 Å². The molecule has 1 fully saturated rings. The van der Waals surface area contributed by atoms with Gasteiger partial charge in [0.05, 0.1) is 23.4 Å². The van der Waals surface area contributed by atoms with Gasteiger partial charge in [-0.2, -0.15) is 0 Å². The van der Waals surface area contributed by atoms with Gasteiger partial charge < -0.3 is 14.2 Å². The zero-order valence-electron chi connectivity index (χ0n) is 18.4. The van der Waals surface area contributed by atoms with E-state index in [9.17, 15) is 4.79 Å². The number of carbonyl (C=O) groups excluding carboxylic acids is 1. The Balaban J connectivity index is 1.43. The van der Waals surface area contributed by atoms with E-state index < -0.39 is 6.10 Å². The lowest BCUT2D eigenvalue weighted by molar-refractivity contribution is -0.127. The summed E-state index contributed by atoms with van der Waals surface area (Å²) in [6.07, 6.45) is -0.705. The number of thiazole rings is 1. The number of anilines is 1. The third-order valence-electron chi connectivity index (χ3n) is 5.96. The summed E-state index contributed by atoms with van der Waals surface area (Å²) in [5.41, 5.74) is 3.24. The van der Waals surface area contributed by atoms with Crippen molar-refractivity contribution in [3.05, 3.63) is 47.5 Å². The summed E-state index contributed by atoms with van der Waals surface area (Å²) >= 11 is 1.57. The molecule has 168 valence electrons. The minimum absolute atomic E-state index is 0.123. The van der Waals surface area contributed by atoms with Crippen molar-refractivity contribution in [3.63, 3.8) is 0 Å². The molecule has 5 rings (SSSR count). The number of ether oxygens (including phenoxy) is 3. The van der Waals surface area contributed by atoms with E-state index in [1.807, 2.05) is 24.3 Å². The molecule has 0 aliphatic carbocycles. The first-order chi connectivity index (χ1) is 15.6. The Morgan fingerprint density at radius 3 is 2.66 bits per heavy atom. The molecule has 0 N–H and O–H groups in total. The fourth-order valence-electron chi connectivity index (χ4n) is 4.04. The Kier molecular flexibility index (Phi) is 5.99. The van der Waals surface area contributed by atoms with Crippen LogP contribution in [0.3, 0.4) is 0 Å². The maximum absolute atomic E-state index is 13.7. The first-order valence-electron chi connectivity index (χ1n) is 11.0. The molecule has 1 saturated heterocycles. The van der Waals surface area contributed by atoms with Crippen LogP contribution >= 0.6 is 11.3 Å². The second-order valence-electron chi connectivity index (χ2n) is 8.18. The van der Waals surface area contributed by atoms with E-state index in [0.717, 1.165) is 48.6 Å². The number of para-hydroxylation sites is 2. The Labute approximate surface area is 191 Å². The van der Waals surface area contributed by atoms with Crippen molar-refractivity contribution in [2.75, 3.05) is 50.9 Å². The zero-order chi connectivity index (χ0) is 22.1. The van der Waals surface area contributed by atoms with Crippen LogP contribution in [0.1, 0.15) is 11.1 Å². The van der Waals surface area contributed by atoms with E-state index >= 15 is 0 Å². The van der Waals surface area contributed by atoms with Gasteiger partial charge in [-0.1, -0.05) is 35.6 Å². The van der Waals surface area contributed by atoms with Crippen LogP contribution in [0.2, 0.25) is 0 Å². The fourth-order valence-corrected chi connectivity index (χ4v) is 5.19. The van der Waals surface area contributed by atoms with Crippen LogP contribution in [-0.2, 0) is 9.53 Å². The molecular formula is C24H27N3O4S. The minimum Gasteiger partial charge on any atom is -0.485 e. The van der Waals surface area contributed by atoms with Crippen molar-refractivity contribution in [1.29, 1.82) is 0 Å². The van der Waals surface area contributed by atoms with Gasteiger partial charge >= 0.3 is 0 Å². The molecule has 3 aromatic rings. The van der Waals surface area contributed by atoms with Gasteiger partial charge in [-0.15, -0.1) is 0 Å². The molecule has 0 unspecified atom stereocenters. The minimum atomic E-state index is -0.705. The van der Waals surface area contributed by atoms with Crippen LogP contribution in [0.5, 0.6) is 11.5 Å². The normalized spacial score (nSPS) is 18.6. The molecule has 2 aliphatic heterocycles. The highest BCUT2D eigenvalue weighted by Crippen LogP contribution is 2.35. The van der Waals surface area contributed by atoms with Crippen LogP contribution in [0.25, 0.3) is 10.2 Å². The molecule has 0 radical (unpaired) electrons. The second kappa shape index (κ2) is 9.05. The summed E-state index contributed by atoms with van der Waals surface area (Å²) in [4.78, 5) is 22.7. The van der Waals surface area contributed by atoms with Crippen molar-refractivity contribution >= 4 is 32.6 Å². The Morgan fingerprint density at radius 1 is 1.12 bits per heavy atom. The molecule has 8 heteroatoms. The fraction of sp³-hybridized carbons (Fsp3) is 0.417. The van der Waals surface area contributed by atoms with Gasteiger partial charge in [0.1, 0.15) is 6.61 Å². The van der Waals surface area contributed by atoms with E-state index in [4.69, 9.17) is 19.2 Å². The monoisotopic (exact) mass is 453 g/mol. The van der Waals surface area contributed by atoms with E-state index in [-0.39, 0.29) is 12.5 Å². The van der Waals surface area contributed by atoms with Gasteiger partial charge in [-0.3, -0.25) is 14.6 Å². The molecule has 1 atom stereocenters. The number of benzene rings is 2. The topological polar surface area (TPSA) is 64.1 Å². The number of carbonyl (C=O) groups is 1. The Morgan fingerprint density at radius 2 is 1.88 bits per heavy atom. The Hall–Kier alpha value is -2.68. The number of nitrogens with zero attached hydrogens (tertiary/aromatic N) is 3. The summed E-state index contributed by atoms with van der Waals surface area (Å²) in [5.74, 6) is 1.14. The number of hydrogen-bond acceptors (Lipinski definition) is 7. The van der Waals surface area contributed by atoms with Gasteiger partial charge in [-0.05, 0) is 37.1 Å². The van der Waals surface area contributed by atoms with Crippen LogP contribution in [0.15, 0.2) is 36.4 Å². The highest BCUT2D eigenvalue weighted by Gasteiger charge is 2.33. The molecule has 1 amide bonds. The van der Waals surface area contributed by atoms with E-state index in [1.165, 1.54) is 5.56 Å². The summed E-state index contributed by atoms with van der Waals surface area (Å²) in [6.45, 7) is 8.82. The first-order valence-corrected chi connectivity index (χ1v) is 11.8. The van der Waals surface area contributed by atoms with Gasteiger partial charge in [0.2, 0.25) is 6.10 Å². The average molecular weight is 454 g/mol. The molecule has 0 spiro atoms. The maximum atomic E-state index is 13.7. The number of aromatic nitrogens is 1. The number of morpholine rings is 1. The summed E-state index contributed by atoms with van der Waals surface area (Å²) in [7, 11) is 0. The van der Waals surface area contributed by atoms with E-state index in [2.05, 4.69) is 30.9 Å². The van der Waals surface area contributed by atoms with Crippen molar-refractivity contribution in [3.8, 4) is 11.5 Å². The molecule has 1 aromatic heterocycles. The summed E-state index contributed by atoms with van der Waals surface area (Å²) in [5, 5.41) is 0.707. The quantitative estimate of drug-likeness (QED) is 0.590. The smallest absolute Gasteiger partial charge is 0.273 e. The van der Waals surface area contributed by atoms with Crippen molar-refractivity contribution in [1.82, 2.24) is 9.88 Å². The first kappa shape index (κ1) is 21.2. The molecule has 0 bridgehead atoms. The van der Waals surface area contributed by atoms with Crippen LogP contribution < -0.4 is 14.4 Å². The highest BCUT2D eigenvalue weighted by molar-refractivity contribution is 7.22. The summed E-state index contributed by atoms with van der Waals surface area (Å²) in [6, 6.07) is 11.6. The van der Waals surface area contributed by atoms with Gasteiger partial charge in [0.25, 0.3) is 5.91 Å². The predicted octanol–water partition coefficient (Wildman–Crippen LogP) is 3.42. The molecule has 32 heavy (non-hydrogen) atoms. The van der Waals surface area contributed by atoms with Crippen LogP contribution in [0, 0.1) is 13.8 Å². The van der Waals surface area contributed by atoms with Crippen molar-refractivity contribution in [2.24, 2.45) is 0 Å². The number of rotatable bonds is 5. The maximum Gasteiger partial charge on any atom is 0.273 e. The average Bonchev–Trinajstić information content (AvgIpc) is 3.28. The third-order valence-corrected chi connectivity index (χ3v) is 7.17. The molecule has 0 saturated carbocycles. The number of amides is 1. The van der Waals surface area contributed by atoms with Crippen molar-refractivity contribution in [2.45, 2.75) is 20.0 Å². The number of hydrogen-bond donors (Lipinski definition) is 0. The SMILES string of the molecule is Cc1ccc(C)c2sc(N(CCN3CCOCC3)C(=O)[C@H]3COc4ccccc4O3)nc12. The zero-order valence-corrected chi connectivity index (χ0v) is 19.2. The molecule has 2 aliphatic rings. The van der Waals surface area contributed by atoms with E-state index in [1.54, 1.807) is 16.2 Å². The number of fused-ring (bicyclic) bond motifs is 2. The highest BCUT2D eigenvalue weighted by atomic mass is 32.1. The Bertz CT molecular complexity index is 1090. The molecule has 3 heterocycles. The lowest BCUT2D eigenvalue weighted by Crippen LogP contribution is -2.49. The lowest BCUT2D eigenvalue weighted by Gasteiger charge is -2.32. The number of aryl methyl sites for hydroxylation is 2. The van der Waals surface area contributed by atoms with Crippen LogP contribution in [0.4, 0.5) is 5.13 Å². The lowest BCUT2D eigenvalue weighted by atomic mass is 10.1. The van der Waals surface area contributed by atoms with Crippen molar-refractivity contribution < 1.29 is 19.0 Å². The summed E-state index contributed by atoms with van der Waals surface area (Å²) < 4.78 is 18.4. The predicted molar refractivity (Wildman–Crippen MR) is 125 cm³/mol. The third kappa shape index (κ3) is 4.18. The second-order valence-corrected chi connectivity index (χ2v) is 9.16. The molecular weight excluding hydrogens is 426 g/mol.